The molecule has 2 N–H and O–H groups in total. The number of fused-ring (bicyclic) bond motifs is 1. The van der Waals surface area contributed by atoms with Crippen LogP contribution in [0.1, 0.15) is 52.9 Å². The van der Waals surface area contributed by atoms with Crippen molar-refractivity contribution in [2.75, 3.05) is 0 Å². The normalized spacial score (nSPS) is 12.8. The quantitative estimate of drug-likeness (QED) is 0.405. The van der Waals surface area contributed by atoms with Gasteiger partial charge in [-0.1, -0.05) is 59.7 Å². The molecule has 3 aromatic rings. The van der Waals surface area contributed by atoms with Gasteiger partial charge in [-0.3, -0.25) is 5.10 Å². The van der Waals surface area contributed by atoms with Crippen LogP contribution in [0.3, 0.4) is 0 Å². The molecular formula is C20H24N6. The Hall–Kier alpha value is -2.94. The Morgan fingerprint density at radius 3 is 2.23 bits per heavy atom. The third-order valence-electron chi connectivity index (χ3n) is 4.26. The van der Waals surface area contributed by atoms with Gasteiger partial charge in [0.25, 0.3) is 5.69 Å². The zero-order valence-electron chi connectivity index (χ0n) is 16.1. The van der Waals surface area contributed by atoms with Crippen LogP contribution in [0, 0.1) is 6.57 Å². The Bertz CT molecular complexity index is 1020. The van der Waals surface area contributed by atoms with Gasteiger partial charge >= 0.3 is 0 Å². The number of nitrogens with one attached hydrogen (secondary N) is 2. The zero-order valence-corrected chi connectivity index (χ0v) is 16.1. The van der Waals surface area contributed by atoms with E-state index < -0.39 is 0 Å². The van der Waals surface area contributed by atoms with E-state index in [2.05, 4.69) is 51.0 Å². The van der Waals surface area contributed by atoms with E-state index in [1.165, 1.54) is 0 Å². The van der Waals surface area contributed by atoms with Gasteiger partial charge in [0.2, 0.25) is 5.82 Å². The van der Waals surface area contributed by atoms with Gasteiger partial charge in [-0.2, -0.15) is 5.10 Å². The summed E-state index contributed by atoms with van der Waals surface area (Å²) < 4.78 is 0. The van der Waals surface area contributed by atoms with E-state index in [0.717, 1.165) is 28.0 Å². The highest BCUT2D eigenvalue weighted by atomic mass is 15.3. The molecule has 134 valence electrons. The van der Waals surface area contributed by atoms with E-state index in [-0.39, 0.29) is 10.8 Å². The van der Waals surface area contributed by atoms with Crippen LogP contribution in [-0.2, 0) is 10.8 Å². The molecule has 0 bridgehead atoms. The topological polar surface area (TPSA) is 73.5 Å². The van der Waals surface area contributed by atoms with Crippen molar-refractivity contribution in [3.63, 3.8) is 0 Å². The van der Waals surface area contributed by atoms with Gasteiger partial charge in [-0.05, 0) is 11.5 Å². The predicted octanol–water partition coefficient (Wildman–Crippen LogP) is 6.45. The largest absolute Gasteiger partial charge is 0.356 e. The number of aromatic nitrogens is 3. The van der Waals surface area contributed by atoms with Crippen LogP contribution in [0.4, 0.5) is 17.2 Å². The maximum absolute atomic E-state index is 7.50. The molecule has 2 heterocycles. The lowest BCUT2D eigenvalue weighted by Gasteiger charge is -2.17. The molecule has 0 saturated heterocycles. The average Bonchev–Trinajstić information content (AvgIpc) is 3.13. The molecule has 0 radical (unpaired) electrons. The number of H-pyrrole nitrogens is 2. The van der Waals surface area contributed by atoms with E-state index in [1.54, 1.807) is 0 Å². The summed E-state index contributed by atoms with van der Waals surface area (Å²) in [6, 6.07) is 8.03. The van der Waals surface area contributed by atoms with Crippen molar-refractivity contribution in [3.8, 4) is 0 Å². The van der Waals surface area contributed by atoms with Gasteiger partial charge in [0, 0.05) is 27.7 Å². The maximum atomic E-state index is 7.50. The van der Waals surface area contributed by atoms with Gasteiger partial charge in [0.1, 0.15) is 5.69 Å². The van der Waals surface area contributed by atoms with Crippen LogP contribution >= 0.6 is 0 Å². The summed E-state index contributed by atoms with van der Waals surface area (Å²) in [7, 11) is 0. The van der Waals surface area contributed by atoms with Crippen LogP contribution in [0.2, 0.25) is 0 Å². The summed E-state index contributed by atoms with van der Waals surface area (Å²) in [5.41, 5.74) is 3.71. The number of hydrogen-bond donors (Lipinski definition) is 2. The molecule has 3 rings (SSSR count). The first kappa shape index (κ1) is 17.9. The van der Waals surface area contributed by atoms with Crippen LogP contribution in [0.15, 0.2) is 34.5 Å². The molecule has 0 atom stereocenters. The number of nitrogens with zero attached hydrogens (tertiary/aromatic N) is 4. The fraction of sp³-hybridized carbons (Fsp3) is 0.400. The Balaban J connectivity index is 2.13. The number of benzene rings is 1. The second-order valence-corrected chi connectivity index (χ2v) is 8.48. The molecule has 0 saturated carbocycles. The first-order chi connectivity index (χ1) is 12.1. The van der Waals surface area contributed by atoms with Crippen LogP contribution in [0.5, 0.6) is 0 Å². The maximum Gasteiger partial charge on any atom is 0.255 e. The molecule has 6 nitrogen and oxygen atoms in total. The zero-order chi connectivity index (χ0) is 19.1. The second kappa shape index (κ2) is 6.10. The van der Waals surface area contributed by atoms with Crippen molar-refractivity contribution >= 4 is 28.1 Å². The van der Waals surface area contributed by atoms with Crippen molar-refractivity contribution in [2.24, 2.45) is 10.2 Å². The minimum atomic E-state index is -0.210. The van der Waals surface area contributed by atoms with Gasteiger partial charge in [0.05, 0.1) is 6.57 Å². The second-order valence-electron chi connectivity index (χ2n) is 8.48. The van der Waals surface area contributed by atoms with E-state index in [0.29, 0.717) is 11.5 Å². The number of rotatable bonds is 2. The van der Waals surface area contributed by atoms with Gasteiger partial charge in [-0.25, -0.2) is 4.85 Å². The summed E-state index contributed by atoms with van der Waals surface area (Å²) in [4.78, 5) is 7.08. The molecule has 1 aromatic carbocycles. The van der Waals surface area contributed by atoms with E-state index >= 15 is 0 Å². The molecule has 0 aliphatic heterocycles. The minimum absolute atomic E-state index is 0.113. The third kappa shape index (κ3) is 3.13. The highest BCUT2D eigenvalue weighted by Crippen LogP contribution is 2.41. The molecule has 6 heteroatoms. The Labute approximate surface area is 153 Å². The van der Waals surface area contributed by atoms with Crippen molar-refractivity contribution in [1.29, 1.82) is 0 Å². The molecule has 26 heavy (non-hydrogen) atoms. The van der Waals surface area contributed by atoms with Crippen molar-refractivity contribution in [2.45, 2.75) is 52.4 Å². The van der Waals surface area contributed by atoms with Gasteiger partial charge < -0.3 is 4.98 Å². The average molecular weight is 348 g/mol. The van der Waals surface area contributed by atoms with Gasteiger partial charge in [0.15, 0.2) is 0 Å². The van der Waals surface area contributed by atoms with E-state index in [9.17, 15) is 0 Å². The highest BCUT2D eigenvalue weighted by Gasteiger charge is 2.25. The van der Waals surface area contributed by atoms with Crippen molar-refractivity contribution in [3.05, 3.63) is 47.1 Å². The SMILES string of the molecule is [C-]#[N+]c1c(N=Nc2c(C(C)(C)C)[nH]c3ccccc23)n[nH]c1C(C)(C)C. The fourth-order valence-corrected chi connectivity index (χ4v) is 2.90. The summed E-state index contributed by atoms with van der Waals surface area (Å²) in [6.45, 7) is 20.0. The lowest BCUT2D eigenvalue weighted by Crippen LogP contribution is -2.11. The van der Waals surface area contributed by atoms with Crippen molar-refractivity contribution < 1.29 is 0 Å². The molecular weight excluding hydrogens is 324 g/mol. The number of azo groups is 1. The highest BCUT2D eigenvalue weighted by molar-refractivity contribution is 5.93. The number of para-hydroxylation sites is 1. The molecule has 2 aromatic heterocycles. The summed E-state index contributed by atoms with van der Waals surface area (Å²) in [5.74, 6) is 0.329. The molecule has 0 unspecified atom stereocenters. The van der Waals surface area contributed by atoms with Gasteiger partial charge in [-0.15, -0.1) is 10.2 Å². The lowest BCUT2D eigenvalue weighted by molar-refractivity contribution is 0.569. The Kier molecular flexibility index (Phi) is 4.19. The standard InChI is InChI=1S/C20H24N6/c1-19(2,3)16-14(12-10-8-9-11-13(12)22-16)23-25-18-15(21-7)17(24-26-18)20(4,5)6/h8-11,22H,1-6H3,(H,24,26). The summed E-state index contributed by atoms with van der Waals surface area (Å²) in [5, 5.41) is 17.0. The van der Waals surface area contributed by atoms with E-state index in [4.69, 9.17) is 6.57 Å². The smallest absolute Gasteiger partial charge is 0.255 e. The molecule has 0 fully saturated rings. The summed E-state index contributed by atoms with van der Waals surface area (Å²) >= 11 is 0. The fourth-order valence-electron chi connectivity index (χ4n) is 2.90. The predicted molar refractivity (Wildman–Crippen MR) is 105 cm³/mol. The van der Waals surface area contributed by atoms with E-state index in [1.807, 2.05) is 45.0 Å². The first-order valence-electron chi connectivity index (χ1n) is 8.62. The van der Waals surface area contributed by atoms with Crippen LogP contribution in [0.25, 0.3) is 15.7 Å². The number of aromatic amines is 2. The van der Waals surface area contributed by atoms with Crippen LogP contribution < -0.4 is 0 Å². The monoisotopic (exact) mass is 348 g/mol. The lowest BCUT2D eigenvalue weighted by atomic mass is 9.91. The molecule has 0 aliphatic carbocycles. The third-order valence-corrected chi connectivity index (χ3v) is 4.26. The molecule has 0 amide bonds. The Morgan fingerprint density at radius 2 is 1.62 bits per heavy atom. The van der Waals surface area contributed by atoms with Crippen LogP contribution in [-0.4, -0.2) is 15.2 Å². The van der Waals surface area contributed by atoms with Crippen molar-refractivity contribution in [1.82, 2.24) is 15.2 Å². The number of hydrogen-bond acceptors (Lipinski definition) is 3. The Morgan fingerprint density at radius 1 is 0.962 bits per heavy atom. The minimum Gasteiger partial charge on any atom is -0.356 e. The summed E-state index contributed by atoms with van der Waals surface area (Å²) in [6.07, 6.45) is 0. The first-order valence-corrected chi connectivity index (χ1v) is 8.62. The molecule has 0 aliphatic rings. The molecule has 0 spiro atoms.